The van der Waals surface area contributed by atoms with Crippen LogP contribution >= 0.6 is 7.82 Å². The normalized spacial score (nSPS) is 14.5. The van der Waals surface area contributed by atoms with Gasteiger partial charge in [0.25, 0.3) is 0 Å². The van der Waals surface area contributed by atoms with Crippen LogP contribution in [0.4, 0.5) is 0 Å². The molecule has 3 atom stereocenters. The zero-order valence-electron chi connectivity index (χ0n) is 31.9. The highest BCUT2D eigenvalue weighted by molar-refractivity contribution is 7.46. The van der Waals surface area contributed by atoms with Gasteiger partial charge in [0.1, 0.15) is 6.61 Å². The van der Waals surface area contributed by atoms with Crippen LogP contribution in [0.2, 0.25) is 0 Å². The molecule has 0 saturated carbocycles. The molecule has 298 valence electrons. The SMILES string of the molecule is CCCCC/C=C\C/C=C\CCCCCCCC(=O)O[C@H](COC(=O)CCC[C@@H](O)/C=C/C=C\C/C=C\C=C\[C@@H](O)CCCCC)COP(=O)(O)O. The van der Waals surface area contributed by atoms with E-state index < -0.39 is 51.3 Å². The molecule has 4 N–H and O–H groups in total. The Morgan fingerprint density at radius 2 is 1.12 bits per heavy atom. The zero-order valence-corrected chi connectivity index (χ0v) is 32.8. The van der Waals surface area contributed by atoms with Crippen molar-refractivity contribution < 1.29 is 48.2 Å². The number of carbonyl (C=O) groups is 2. The molecule has 0 rings (SSSR count). The number of hydrogen-bond acceptors (Lipinski definition) is 8. The lowest BCUT2D eigenvalue weighted by Gasteiger charge is -2.18. The molecule has 0 aliphatic heterocycles. The molecule has 11 heteroatoms. The number of rotatable bonds is 34. The van der Waals surface area contributed by atoms with Crippen molar-refractivity contribution in [2.75, 3.05) is 13.2 Å². The number of phosphoric ester groups is 1. The fraction of sp³-hybridized carbons (Fsp3) is 0.659. The topological polar surface area (TPSA) is 160 Å². The molecule has 0 unspecified atom stereocenters. The molecule has 0 heterocycles. The van der Waals surface area contributed by atoms with Crippen LogP contribution in [0, 0.1) is 0 Å². The molecule has 0 aromatic rings. The predicted octanol–water partition coefficient (Wildman–Crippen LogP) is 9.45. The minimum absolute atomic E-state index is 0.0122. The Kier molecular flexibility index (Phi) is 33.7. The van der Waals surface area contributed by atoms with Crippen molar-refractivity contribution in [3.63, 3.8) is 0 Å². The minimum Gasteiger partial charge on any atom is -0.462 e. The maximum Gasteiger partial charge on any atom is 0.469 e. The maximum absolute atomic E-state index is 12.4. The average Bonchev–Trinajstić information content (AvgIpc) is 3.10. The molecule has 0 fully saturated rings. The average molecular weight is 753 g/mol. The Hall–Kier alpha value is -2.59. The smallest absolute Gasteiger partial charge is 0.462 e. The summed E-state index contributed by atoms with van der Waals surface area (Å²) in [5, 5.41) is 20.0. The Morgan fingerprint density at radius 3 is 1.73 bits per heavy atom. The van der Waals surface area contributed by atoms with E-state index in [2.05, 4.69) is 42.7 Å². The van der Waals surface area contributed by atoms with E-state index in [-0.39, 0.29) is 12.8 Å². The number of ether oxygens (including phenoxy) is 2. The fourth-order valence-corrected chi connectivity index (χ4v) is 5.27. The summed E-state index contributed by atoms with van der Waals surface area (Å²) in [4.78, 5) is 42.7. The highest BCUT2D eigenvalue weighted by atomic mass is 31.2. The summed E-state index contributed by atoms with van der Waals surface area (Å²) in [6.45, 7) is 3.33. The van der Waals surface area contributed by atoms with Crippen molar-refractivity contribution in [2.24, 2.45) is 0 Å². The van der Waals surface area contributed by atoms with Crippen LogP contribution in [0.25, 0.3) is 0 Å². The molecule has 0 bridgehead atoms. The van der Waals surface area contributed by atoms with Gasteiger partial charge in [-0.25, -0.2) is 4.57 Å². The van der Waals surface area contributed by atoms with Gasteiger partial charge in [-0.1, -0.05) is 138 Å². The van der Waals surface area contributed by atoms with Crippen molar-refractivity contribution >= 4 is 19.8 Å². The number of hydrogen-bond donors (Lipinski definition) is 4. The summed E-state index contributed by atoms with van der Waals surface area (Å²) in [5.74, 6) is -1.14. The molecule has 0 spiro atoms. The molecule has 0 amide bonds. The van der Waals surface area contributed by atoms with Gasteiger partial charge in [0, 0.05) is 12.8 Å². The maximum atomic E-state index is 12.4. The Balaban J connectivity index is 4.25. The number of carbonyl (C=O) groups excluding carboxylic acids is 2. The first kappa shape index (κ1) is 49.4. The van der Waals surface area contributed by atoms with Gasteiger partial charge in [-0.05, 0) is 64.2 Å². The van der Waals surface area contributed by atoms with Crippen LogP contribution in [-0.4, -0.2) is 63.5 Å². The van der Waals surface area contributed by atoms with Gasteiger partial charge >= 0.3 is 19.8 Å². The van der Waals surface area contributed by atoms with E-state index in [1.54, 1.807) is 18.2 Å². The zero-order chi connectivity index (χ0) is 38.5. The van der Waals surface area contributed by atoms with E-state index in [1.165, 1.54) is 19.3 Å². The van der Waals surface area contributed by atoms with Crippen LogP contribution < -0.4 is 0 Å². The summed E-state index contributed by atoms with van der Waals surface area (Å²) in [6, 6.07) is 0. The summed E-state index contributed by atoms with van der Waals surface area (Å²) in [7, 11) is -4.81. The van der Waals surface area contributed by atoms with Crippen molar-refractivity contribution in [1.82, 2.24) is 0 Å². The van der Waals surface area contributed by atoms with Crippen LogP contribution in [0.15, 0.2) is 72.9 Å². The highest BCUT2D eigenvalue weighted by Gasteiger charge is 2.23. The monoisotopic (exact) mass is 752 g/mol. The molecule has 0 saturated heterocycles. The molecule has 0 aromatic heterocycles. The lowest BCUT2D eigenvalue weighted by atomic mass is 10.1. The molecule has 52 heavy (non-hydrogen) atoms. The Bertz CT molecular complexity index is 1100. The molecular formula is C41H69O10P. The first-order chi connectivity index (χ1) is 25.1. The summed E-state index contributed by atoms with van der Waals surface area (Å²) in [6.07, 6.45) is 38.3. The van der Waals surface area contributed by atoms with Gasteiger partial charge in [-0.15, -0.1) is 0 Å². The van der Waals surface area contributed by atoms with Crippen molar-refractivity contribution in [2.45, 2.75) is 161 Å². The van der Waals surface area contributed by atoms with Crippen LogP contribution in [0.3, 0.4) is 0 Å². The second-order valence-corrected chi connectivity index (χ2v) is 14.2. The van der Waals surface area contributed by atoms with Gasteiger partial charge < -0.3 is 29.5 Å². The van der Waals surface area contributed by atoms with Crippen LogP contribution in [0.5, 0.6) is 0 Å². The van der Waals surface area contributed by atoms with Gasteiger partial charge in [0.05, 0.1) is 18.8 Å². The standard InChI is InChI=1S/C41H69O10P/c1-3-5-7-8-9-10-11-12-13-14-15-16-20-23-27-33-41(45)51-39(36-50-52(46,47)48)35-49-40(44)34-28-32-38(43)31-26-22-19-17-18-21-25-30-37(42)29-24-6-4-2/h9-10,12-13,18-19,21-22,25-26,30-31,37-39,42-43H,3-8,11,14-17,20,23-24,27-29,32-36H2,1-2H3,(H2,46,47,48)/b10-9-,13-12-,21-18-,22-19-,30-25+,31-26+/t37-,38-,39+/m0/s1. The fourth-order valence-electron chi connectivity index (χ4n) is 4.91. The number of allylic oxidation sites excluding steroid dienone is 10. The number of phosphoric acid groups is 1. The first-order valence-corrected chi connectivity index (χ1v) is 21.0. The second kappa shape index (κ2) is 35.4. The molecule has 0 aliphatic rings. The lowest BCUT2D eigenvalue weighted by Crippen LogP contribution is -2.29. The summed E-state index contributed by atoms with van der Waals surface area (Å²) < 4.78 is 26.2. The van der Waals surface area contributed by atoms with Gasteiger partial charge in [-0.2, -0.15) is 0 Å². The number of aliphatic hydroxyl groups is 2. The van der Waals surface area contributed by atoms with E-state index in [9.17, 15) is 24.4 Å². The Morgan fingerprint density at radius 1 is 0.596 bits per heavy atom. The van der Waals surface area contributed by atoms with Gasteiger partial charge in [0.2, 0.25) is 0 Å². The predicted molar refractivity (Wildman–Crippen MR) is 209 cm³/mol. The largest absolute Gasteiger partial charge is 0.469 e. The Labute approximate surface area is 314 Å². The van der Waals surface area contributed by atoms with Crippen molar-refractivity contribution in [3.05, 3.63) is 72.9 Å². The quantitative estimate of drug-likeness (QED) is 0.0164. The highest BCUT2D eigenvalue weighted by Crippen LogP contribution is 2.36. The third-order valence-electron chi connectivity index (χ3n) is 7.91. The molecule has 10 nitrogen and oxygen atoms in total. The van der Waals surface area contributed by atoms with Crippen LogP contribution in [0.1, 0.15) is 142 Å². The van der Waals surface area contributed by atoms with E-state index >= 15 is 0 Å². The second-order valence-electron chi connectivity index (χ2n) is 12.9. The molecule has 0 aliphatic carbocycles. The van der Waals surface area contributed by atoms with Crippen molar-refractivity contribution in [3.8, 4) is 0 Å². The number of esters is 2. The van der Waals surface area contributed by atoms with Gasteiger partial charge in [-0.3, -0.25) is 14.1 Å². The third kappa shape index (κ3) is 37.2. The van der Waals surface area contributed by atoms with E-state index in [0.717, 1.165) is 70.6 Å². The van der Waals surface area contributed by atoms with Crippen molar-refractivity contribution in [1.29, 1.82) is 0 Å². The number of aliphatic hydroxyl groups excluding tert-OH is 2. The van der Waals surface area contributed by atoms with E-state index in [4.69, 9.17) is 19.3 Å². The third-order valence-corrected chi connectivity index (χ3v) is 8.39. The summed E-state index contributed by atoms with van der Waals surface area (Å²) >= 11 is 0. The minimum atomic E-state index is -4.81. The van der Waals surface area contributed by atoms with E-state index in [0.29, 0.717) is 25.7 Å². The lowest BCUT2D eigenvalue weighted by molar-refractivity contribution is -0.161. The van der Waals surface area contributed by atoms with Crippen LogP contribution in [-0.2, 0) is 28.2 Å². The molecular weight excluding hydrogens is 683 g/mol. The first-order valence-electron chi connectivity index (χ1n) is 19.4. The van der Waals surface area contributed by atoms with Gasteiger partial charge in [0.15, 0.2) is 6.10 Å². The van der Waals surface area contributed by atoms with E-state index in [1.807, 2.05) is 30.4 Å². The molecule has 0 radical (unpaired) electrons. The summed E-state index contributed by atoms with van der Waals surface area (Å²) in [5.41, 5.74) is 0. The number of unbranched alkanes of at least 4 members (excludes halogenated alkanes) is 10. The molecule has 0 aromatic carbocycles.